The van der Waals surface area contributed by atoms with Crippen LogP contribution in [-0.4, -0.2) is 34.7 Å². The van der Waals surface area contributed by atoms with Crippen LogP contribution < -0.4 is 5.32 Å². The third-order valence-corrected chi connectivity index (χ3v) is 5.53. The first-order chi connectivity index (χ1) is 12.1. The van der Waals surface area contributed by atoms with Gasteiger partial charge in [0, 0.05) is 23.4 Å². The molecule has 1 aliphatic carbocycles. The second kappa shape index (κ2) is 8.16. The molecule has 1 aliphatic rings. The number of nitrogens with zero attached hydrogens (tertiary/aromatic N) is 1. The van der Waals surface area contributed by atoms with Crippen molar-refractivity contribution in [2.45, 2.75) is 45.1 Å². The van der Waals surface area contributed by atoms with Crippen LogP contribution in [0, 0.1) is 9.62 Å². The Labute approximate surface area is 160 Å². The van der Waals surface area contributed by atoms with Crippen molar-refractivity contribution in [3.63, 3.8) is 0 Å². The summed E-state index contributed by atoms with van der Waals surface area (Å²) in [5.74, 6) is 0.210. The second-order valence-electron chi connectivity index (χ2n) is 6.47. The average Bonchev–Trinajstić information content (AvgIpc) is 2.97. The maximum absolute atomic E-state index is 12.5. The van der Waals surface area contributed by atoms with E-state index >= 15 is 0 Å². The number of ether oxygens (including phenoxy) is 1. The molecule has 3 rings (SSSR count). The number of hydrogen-bond donors (Lipinski definition) is 2. The van der Waals surface area contributed by atoms with Crippen molar-refractivity contribution in [2.24, 2.45) is 5.92 Å². The molecule has 7 heteroatoms. The number of aromatic amines is 1. The summed E-state index contributed by atoms with van der Waals surface area (Å²) in [6.07, 6.45) is 4.19. The maximum atomic E-state index is 12.5. The molecule has 2 aromatic rings. The Morgan fingerprint density at radius 1 is 1.32 bits per heavy atom. The normalized spacial score (nSPS) is 20.4. The monoisotopic (exact) mass is 455 g/mol. The molecule has 25 heavy (non-hydrogen) atoms. The predicted molar refractivity (Wildman–Crippen MR) is 103 cm³/mol. The Kier molecular flexibility index (Phi) is 5.93. The molecule has 0 unspecified atom stereocenters. The number of carbonyl (C=O) groups is 2. The Balaban J connectivity index is 1.53. The minimum absolute atomic E-state index is 0.0484. The van der Waals surface area contributed by atoms with Gasteiger partial charge in [-0.15, -0.1) is 0 Å². The van der Waals surface area contributed by atoms with Crippen molar-refractivity contribution < 1.29 is 14.3 Å². The van der Waals surface area contributed by atoms with E-state index < -0.39 is 0 Å². The van der Waals surface area contributed by atoms with E-state index in [1.54, 1.807) is 6.07 Å². The summed E-state index contributed by atoms with van der Waals surface area (Å²) in [5.41, 5.74) is 1.51. The molecule has 1 amide bonds. The minimum Gasteiger partial charge on any atom is -0.466 e. The Bertz CT molecular complexity index is 766. The van der Waals surface area contributed by atoms with E-state index in [0.29, 0.717) is 24.5 Å². The minimum atomic E-state index is -0.113. The van der Waals surface area contributed by atoms with Crippen molar-refractivity contribution in [1.29, 1.82) is 0 Å². The first kappa shape index (κ1) is 18.2. The van der Waals surface area contributed by atoms with Crippen LogP contribution in [-0.2, 0) is 9.53 Å². The molecule has 134 valence electrons. The molecule has 0 atom stereocenters. The summed E-state index contributed by atoms with van der Waals surface area (Å²) < 4.78 is 5.95. The zero-order chi connectivity index (χ0) is 17.8. The Morgan fingerprint density at radius 3 is 2.80 bits per heavy atom. The number of hydrogen-bond acceptors (Lipinski definition) is 4. The van der Waals surface area contributed by atoms with E-state index in [1.165, 1.54) is 0 Å². The summed E-state index contributed by atoms with van der Waals surface area (Å²) in [6, 6.07) is 5.72. The van der Waals surface area contributed by atoms with Gasteiger partial charge in [0.25, 0.3) is 5.91 Å². The van der Waals surface area contributed by atoms with Gasteiger partial charge in [-0.05, 0) is 79.3 Å². The highest BCUT2D eigenvalue weighted by Gasteiger charge is 2.25. The van der Waals surface area contributed by atoms with Gasteiger partial charge in [0.15, 0.2) is 0 Å². The Morgan fingerprint density at radius 2 is 2.08 bits per heavy atom. The van der Waals surface area contributed by atoms with Crippen molar-refractivity contribution in [3.8, 4) is 0 Å². The molecule has 0 bridgehead atoms. The lowest BCUT2D eigenvalue weighted by molar-refractivity contribution is -0.144. The van der Waals surface area contributed by atoms with Crippen LogP contribution in [0.4, 0.5) is 0 Å². The number of aromatic nitrogens is 2. The quantitative estimate of drug-likeness (QED) is 0.535. The first-order valence-electron chi connectivity index (χ1n) is 8.67. The molecular weight excluding hydrogens is 433 g/mol. The fraction of sp³-hybridized carbons (Fsp3) is 0.500. The summed E-state index contributed by atoms with van der Waals surface area (Å²) in [5, 5.41) is 11.2. The standard InChI is InChI=1S/C18H22IN3O3/c1-2-25-16(23)9-11-3-6-13(7-4-11)20-18(24)12-5-8-15-14(10-12)17(19)22-21-15/h5,8,10-11,13H,2-4,6-7,9H2,1H3,(H,20,24)(H,21,22). The van der Waals surface area contributed by atoms with Crippen LogP contribution in [0.5, 0.6) is 0 Å². The molecule has 1 saturated carbocycles. The van der Waals surface area contributed by atoms with Gasteiger partial charge in [0.05, 0.1) is 12.1 Å². The number of carbonyl (C=O) groups excluding carboxylic acids is 2. The smallest absolute Gasteiger partial charge is 0.306 e. The third kappa shape index (κ3) is 4.50. The molecular formula is C18H22IN3O3. The summed E-state index contributed by atoms with van der Waals surface area (Å²) in [7, 11) is 0. The predicted octanol–water partition coefficient (Wildman–Crippen LogP) is 3.41. The number of rotatable bonds is 5. The highest BCUT2D eigenvalue weighted by atomic mass is 127. The molecule has 2 N–H and O–H groups in total. The number of halogens is 1. The number of nitrogens with one attached hydrogen (secondary N) is 2. The van der Waals surface area contributed by atoms with Crippen molar-refractivity contribution in [2.75, 3.05) is 6.61 Å². The molecule has 1 fully saturated rings. The Hall–Kier alpha value is -1.64. The van der Waals surface area contributed by atoms with Crippen LogP contribution >= 0.6 is 22.6 Å². The summed E-state index contributed by atoms with van der Waals surface area (Å²) >= 11 is 2.18. The van der Waals surface area contributed by atoms with Crippen LogP contribution in [0.2, 0.25) is 0 Å². The van der Waals surface area contributed by atoms with Gasteiger partial charge in [-0.3, -0.25) is 14.7 Å². The van der Waals surface area contributed by atoms with E-state index in [9.17, 15) is 9.59 Å². The topological polar surface area (TPSA) is 84.1 Å². The largest absolute Gasteiger partial charge is 0.466 e. The van der Waals surface area contributed by atoms with Crippen LogP contribution in [0.15, 0.2) is 18.2 Å². The summed E-state index contributed by atoms with van der Waals surface area (Å²) in [6.45, 7) is 2.26. The van der Waals surface area contributed by atoms with Crippen molar-refractivity contribution in [1.82, 2.24) is 15.5 Å². The molecule has 0 radical (unpaired) electrons. The zero-order valence-corrected chi connectivity index (χ0v) is 16.3. The van der Waals surface area contributed by atoms with Crippen LogP contribution in [0.3, 0.4) is 0 Å². The molecule has 1 aromatic heterocycles. The molecule has 0 spiro atoms. The SMILES string of the molecule is CCOC(=O)CC1CCC(NC(=O)c2ccc3n[nH]c(I)c3c2)CC1. The fourth-order valence-corrected chi connectivity index (χ4v) is 3.91. The van der Waals surface area contributed by atoms with E-state index in [0.717, 1.165) is 40.3 Å². The van der Waals surface area contributed by atoms with E-state index in [1.807, 2.05) is 19.1 Å². The second-order valence-corrected chi connectivity index (χ2v) is 7.55. The van der Waals surface area contributed by atoms with Gasteiger partial charge in [-0.25, -0.2) is 0 Å². The molecule has 0 saturated heterocycles. The van der Waals surface area contributed by atoms with E-state index in [4.69, 9.17) is 4.74 Å². The van der Waals surface area contributed by atoms with E-state index in [-0.39, 0.29) is 17.9 Å². The number of fused-ring (bicyclic) bond motifs is 1. The first-order valence-corrected chi connectivity index (χ1v) is 9.74. The highest BCUT2D eigenvalue weighted by Crippen LogP contribution is 2.27. The van der Waals surface area contributed by atoms with Crippen molar-refractivity contribution in [3.05, 3.63) is 27.5 Å². The molecule has 1 heterocycles. The number of benzene rings is 1. The van der Waals surface area contributed by atoms with Gasteiger partial charge in [-0.2, -0.15) is 5.10 Å². The molecule has 6 nitrogen and oxygen atoms in total. The summed E-state index contributed by atoms with van der Waals surface area (Å²) in [4.78, 5) is 24.1. The van der Waals surface area contributed by atoms with Gasteiger partial charge in [-0.1, -0.05) is 0 Å². The highest BCUT2D eigenvalue weighted by molar-refractivity contribution is 14.1. The lowest BCUT2D eigenvalue weighted by Gasteiger charge is -2.28. The van der Waals surface area contributed by atoms with Crippen LogP contribution in [0.1, 0.15) is 49.4 Å². The lowest BCUT2D eigenvalue weighted by atomic mass is 9.84. The number of esters is 1. The van der Waals surface area contributed by atoms with E-state index in [2.05, 4.69) is 38.1 Å². The molecule has 1 aromatic carbocycles. The van der Waals surface area contributed by atoms with Gasteiger partial charge in [0.1, 0.15) is 3.70 Å². The van der Waals surface area contributed by atoms with Gasteiger partial charge >= 0.3 is 5.97 Å². The van der Waals surface area contributed by atoms with Crippen LogP contribution in [0.25, 0.3) is 10.9 Å². The van der Waals surface area contributed by atoms with Gasteiger partial charge in [0.2, 0.25) is 0 Å². The van der Waals surface area contributed by atoms with Crippen molar-refractivity contribution >= 4 is 45.4 Å². The maximum Gasteiger partial charge on any atom is 0.306 e. The number of amides is 1. The third-order valence-electron chi connectivity index (χ3n) is 4.71. The fourth-order valence-electron chi connectivity index (χ4n) is 3.36. The lowest BCUT2D eigenvalue weighted by Crippen LogP contribution is -2.37. The average molecular weight is 455 g/mol. The zero-order valence-electron chi connectivity index (χ0n) is 14.2. The molecule has 0 aliphatic heterocycles. The van der Waals surface area contributed by atoms with Gasteiger partial charge < -0.3 is 10.1 Å². The number of H-pyrrole nitrogens is 1.